The number of hydrogen-bond acceptors (Lipinski definition) is 4. The Hall–Kier alpha value is -1.76. The Labute approximate surface area is 151 Å². The number of nitrogens with zero attached hydrogens (tertiary/aromatic N) is 2. The molecule has 0 spiro atoms. The molecule has 2 N–H and O–H groups in total. The smallest absolute Gasteiger partial charge is 0.191 e. The van der Waals surface area contributed by atoms with Gasteiger partial charge in [-0.3, -0.25) is 4.99 Å². The van der Waals surface area contributed by atoms with E-state index in [4.69, 9.17) is 0 Å². The van der Waals surface area contributed by atoms with E-state index < -0.39 is 9.84 Å². The normalized spacial score (nSPS) is 19.6. The lowest BCUT2D eigenvalue weighted by Crippen LogP contribution is -2.44. The molecule has 1 saturated heterocycles. The average molecular weight is 367 g/mol. The minimum atomic E-state index is -2.88. The molecular formula is C18H30N4O2S. The molecule has 0 aromatic heterocycles. The molecule has 0 amide bonds. The maximum atomic E-state index is 11.6. The van der Waals surface area contributed by atoms with Gasteiger partial charge < -0.3 is 15.5 Å². The Balaban J connectivity index is 1.82. The summed E-state index contributed by atoms with van der Waals surface area (Å²) in [5.74, 6) is 1.19. The topological polar surface area (TPSA) is 73.8 Å². The lowest BCUT2D eigenvalue weighted by molar-refractivity contribution is 0.599. The zero-order valence-electron chi connectivity index (χ0n) is 15.2. The summed E-state index contributed by atoms with van der Waals surface area (Å²) in [6.07, 6.45) is 1.60. The molecule has 140 valence electrons. The second-order valence-electron chi connectivity index (χ2n) is 6.27. The van der Waals surface area contributed by atoms with Crippen molar-refractivity contribution in [2.75, 3.05) is 42.6 Å². The maximum Gasteiger partial charge on any atom is 0.191 e. The van der Waals surface area contributed by atoms with Gasteiger partial charge >= 0.3 is 0 Å². The molecule has 1 atom stereocenters. The van der Waals surface area contributed by atoms with Gasteiger partial charge in [0.05, 0.1) is 11.5 Å². The van der Waals surface area contributed by atoms with E-state index in [2.05, 4.69) is 51.7 Å². The van der Waals surface area contributed by atoms with E-state index in [9.17, 15) is 8.42 Å². The second-order valence-corrected chi connectivity index (χ2v) is 8.50. The molecule has 6 nitrogen and oxygen atoms in total. The third kappa shape index (κ3) is 6.57. The van der Waals surface area contributed by atoms with Gasteiger partial charge in [-0.25, -0.2) is 8.42 Å². The molecule has 25 heavy (non-hydrogen) atoms. The van der Waals surface area contributed by atoms with Crippen molar-refractivity contribution in [3.8, 4) is 0 Å². The second kappa shape index (κ2) is 9.65. The van der Waals surface area contributed by atoms with Gasteiger partial charge in [0.25, 0.3) is 0 Å². The first-order chi connectivity index (χ1) is 12.0. The highest BCUT2D eigenvalue weighted by molar-refractivity contribution is 7.91. The van der Waals surface area contributed by atoms with Crippen LogP contribution in [0.4, 0.5) is 5.69 Å². The molecule has 1 aromatic rings. The van der Waals surface area contributed by atoms with Crippen molar-refractivity contribution in [1.82, 2.24) is 10.6 Å². The summed E-state index contributed by atoms with van der Waals surface area (Å²) in [7, 11) is -2.88. The van der Waals surface area contributed by atoms with Crippen molar-refractivity contribution in [2.24, 2.45) is 4.99 Å². The molecule has 1 aromatic carbocycles. The molecule has 1 aliphatic rings. The van der Waals surface area contributed by atoms with Crippen molar-refractivity contribution in [3.05, 3.63) is 30.3 Å². The van der Waals surface area contributed by atoms with Crippen molar-refractivity contribution in [2.45, 2.75) is 32.7 Å². The lowest BCUT2D eigenvalue weighted by atomic mass is 10.2. The van der Waals surface area contributed by atoms with Crippen LogP contribution in [0, 0.1) is 0 Å². The fourth-order valence-electron chi connectivity index (χ4n) is 2.98. The number of guanidine groups is 1. The monoisotopic (exact) mass is 366 g/mol. The van der Waals surface area contributed by atoms with Gasteiger partial charge in [0.2, 0.25) is 0 Å². The van der Waals surface area contributed by atoms with E-state index in [1.165, 1.54) is 5.69 Å². The first-order valence-electron chi connectivity index (χ1n) is 9.09. The summed E-state index contributed by atoms with van der Waals surface area (Å²) in [5.41, 5.74) is 1.23. The van der Waals surface area contributed by atoms with E-state index in [0.29, 0.717) is 18.9 Å². The van der Waals surface area contributed by atoms with Gasteiger partial charge in [0.1, 0.15) is 0 Å². The molecule has 1 heterocycles. The third-order valence-electron chi connectivity index (χ3n) is 4.28. The van der Waals surface area contributed by atoms with Crippen LogP contribution in [0.1, 0.15) is 26.7 Å². The number of sulfone groups is 1. The Kier molecular flexibility index (Phi) is 7.55. The van der Waals surface area contributed by atoms with Crippen molar-refractivity contribution in [1.29, 1.82) is 0 Å². The lowest BCUT2D eigenvalue weighted by Gasteiger charge is -2.22. The Bertz CT molecular complexity index is 646. The Morgan fingerprint density at radius 3 is 2.64 bits per heavy atom. The van der Waals surface area contributed by atoms with Gasteiger partial charge in [-0.2, -0.15) is 0 Å². The Morgan fingerprint density at radius 2 is 2.04 bits per heavy atom. The number of hydrogen-bond donors (Lipinski definition) is 2. The van der Waals surface area contributed by atoms with Crippen LogP contribution in [0.25, 0.3) is 0 Å². The molecule has 1 unspecified atom stereocenters. The predicted octanol–water partition coefficient (Wildman–Crippen LogP) is 1.65. The van der Waals surface area contributed by atoms with Gasteiger partial charge in [0, 0.05) is 37.9 Å². The average Bonchev–Trinajstić information content (AvgIpc) is 2.94. The summed E-state index contributed by atoms with van der Waals surface area (Å²) in [6.45, 7) is 7.54. The van der Waals surface area contributed by atoms with Crippen molar-refractivity contribution in [3.63, 3.8) is 0 Å². The molecule has 1 fully saturated rings. The third-order valence-corrected chi connectivity index (χ3v) is 6.04. The van der Waals surface area contributed by atoms with E-state index in [0.717, 1.165) is 26.1 Å². The van der Waals surface area contributed by atoms with Gasteiger partial charge in [0.15, 0.2) is 15.8 Å². The SMILES string of the molecule is CCNC(=NCCCN(CC)c1ccccc1)NC1CCS(=O)(=O)C1. The molecule has 0 radical (unpaired) electrons. The van der Waals surface area contributed by atoms with Crippen LogP contribution in [0.15, 0.2) is 35.3 Å². The van der Waals surface area contributed by atoms with E-state index in [1.54, 1.807) is 0 Å². The first-order valence-corrected chi connectivity index (χ1v) is 10.9. The standard InChI is InChI=1S/C18H30N4O2S/c1-3-19-18(21-16-11-14-25(23,24)15-16)20-12-8-13-22(4-2)17-9-6-5-7-10-17/h5-7,9-10,16H,3-4,8,11-15H2,1-2H3,(H2,19,20,21). The van der Waals surface area contributed by atoms with Gasteiger partial charge in [-0.15, -0.1) is 0 Å². The number of nitrogens with one attached hydrogen (secondary N) is 2. The highest BCUT2D eigenvalue weighted by Gasteiger charge is 2.28. The highest BCUT2D eigenvalue weighted by atomic mass is 32.2. The van der Waals surface area contributed by atoms with Crippen molar-refractivity contribution < 1.29 is 8.42 Å². The van der Waals surface area contributed by atoms with Crippen LogP contribution in [0.5, 0.6) is 0 Å². The molecule has 0 saturated carbocycles. The highest BCUT2D eigenvalue weighted by Crippen LogP contribution is 2.13. The zero-order valence-corrected chi connectivity index (χ0v) is 16.1. The summed E-state index contributed by atoms with van der Waals surface area (Å²) in [5, 5.41) is 6.45. The van der Waals surface area contributed by atoms with E-state index in [-0.39, 0.29) is 17.5 Å². The van der Waals surface area contributed by atoms with E-state index in [1.807, 2.05) is 13.0 Å². The minimum Gasteiger partial charge on any atom is -0.372 e. The maximum absolute atomic E-state index is 11.6. The van der Waals surface area contributed by atoms with E-state index >= 15 is 0 Å². The summed E-state index contributed by atoms with van der Waals surface area (Å²) < 4.78 is 23.2. The largest absolute Gasteiger partial charge is 0.372 e. The van der Waals surface area contributed by atoms with Crippen molar-refractivity contribution >= 4 is 21.5 Å². The number of anilines is 1. The Morgan fingerprint density at radius 1 is 1.28 bits per heavy atom. The number of benzene rings is 1. The number of rotatable bonds is 8. The molecule has 0 aliphatic carbocycles. The zero-order chi connectivity index (χ0) is 18.1. The minimum absolute atomic E-state index is 0.0285. The van der Waals surface area contributed by atoms with Crippen LogP contribution >= 0.6 is 0 Å². The molecule has 1 aliphatic heterocycles. The van der Waals surface area contributed by atoms with Gasteiger partial charge in [-0.05, 0) is 38.8 Å². The van der Waals surface area contributed by atoms with Crippen LogP contribution in [-0.4, -0.2) is 58.1 Å². The summed E-state index contributed by atoms with van der Waals surface area (Å²) in [6, 6.07) is 10.4. The summed E-state index contributed by atoms with van der Waals surface area (Å²) in [4.78, 5) is 6.93. The van der Waals surface area contributed by atoms with Crippen LogP contribution in [-0.2, 0) is 9.84 Å². The molecule has 0 bridgehead atoms. The molecule has 7 heteroatoms. The predicted molar refractivity (Wildman–Crippen MR) is 105 cm³/mol. The van der Waals surface area contributed by atoms with Crippen LogP contribution in [0.3, 0.4) is 0 Å². The molecular weight excluding hydrogens is 336 g/mol. The van der Waals surface area contributed by atoms with Crippen LogP contribution < -0.4 is 15.5 Å². The van der Waals surface area contributed by atoms with Gasteiger partial charge in [-0.1, -0.05) is 18.2 Å². The van der Waals surface area contributed by atoms with Crippen LogP contribution in [0.2, 0.25) is 0 Å². The quantitative estimate of drug-likeness (QED) is 0.416. The summed E-state index contributed by atoms with van der Waals surface area (Å²) >= 11 is 0. The number of para-hydroxylation sites is 1. The fraction of sp³-hybridized carbons (Fsp3) is 0.611. The fourth-order valence-corrected chi connectivity index (χ4v) is 4.66. The molecule has 2 rings (SSSR count). The first kappa shape index (κ1) is 19.6. The number of aliphatic imine (C=N–C) groups is 1.